The van der Waals surface area contributed by atoms with Gasteiger partial charge in [-0.2, -0.15) is 5.26 Å². The van der Waals surface area contributed by atoms with E-state index in [1.165, 1.54) is 16.5 Å². The van der Waals surface area contributed by atoms with Gasteiger partial charge in [-0.3, -0.25) is 4.98 Å². The highest BCUT2D eigenvalue weighted by Gasteiger charge is 2.03. The van der Waals surface area contributed by atoms with Crippen molar-refractivity contribution in [1.82, 2.24) is 9.97 Å². The van der Waals surface area contributed by atoms with Crippen molar-refractivity contribution in [3.8, 4) is 6.07 Å². The number of aromatic nitrogens is 2. The molecular formula is C18H18N4. The second-order valence-corrected chi connectivity index (χ2v) is 5.28. The van der Waals surface area contributed by atoms with Gasteiger partial charge in [0.2, 0.25) is 0 Å². The summed E-state index contributed by atoms with van der Waals surface area (Å²) in [6.07, 6.45) is 8.64. The van der Waals surface area contributed by atoms with E-state index in [9.17, 15) is 0 Å². The molecule has 4 heteroatoms. The summed E-state index contributed by atoms with van der Waals surface area (Å²) < 4.78 is 0. The number of anilines is 1. The molecule has 22 heavy (non-hydrogen) atoms. The van der Waals surface area contributed by atoms with Crippen LogP contribution in [0.25, 0.3) is 10.9 Å². The Morgan fingerprint density at radius 3 is 3.00 bits per heavy atom. The standard InChI is InChI=1S/C18H18N4/c19-11-15-12-20-10-8-17(15)21-9-4-3-5-14-13-22-18-7-2-1-6-16(14)18/h1-2,6-8,10,12-13,22H,3-5,9H2,(H,20,21). The predicted octanol–water partition coefficient (Wildman–Crippen LogP) is 3.87. The molecule has 2 heterocycles. The van der Waals surface area contributed by atoms with E-state index in [-0.39, 0.29) is 0 Å². The molecule has 0 saturated carbocycles. The maximum atomic E-state index is 9.01. The molecular weight excluding hydrogens is 272 g/mol. The number of unbranched alkanes of at least 4 members (excludes halogenated alkanes) is 1. The third-order valence-electron chi connectivity index (χ3n) is 3.80. The molecule has 0 atom stereocenters. The Balaban J connectivity index is 1.49. The van der Waals surface area contributed by atoms with E-state index in [0.29, 0.717) is 5.56 Å². The van der Waals surface area contributed by atoms with E-state index in [0.717, 1.165) is 31.5 Å². The van der Waals surface area contributed by atoms with Crippen LogP contribution in [0.4, 0.5) is 5.69 Å². The van der Waals surface area contributed by atoms with Gasteiger partial charge in [0.1, 0.15) is 6.07 Å². The van der Waals surface area contributed by atoms with Gasteiger partial charge in [-0.1, -0.05) is 18.2 Å². The molecule has 0 unspecified atom stereocenters. The highest BCUT2D eigenvalue weighted by molar-refractivity contribution is 5.82. The minimum absolute atomic E-state index is 0.596. The Bertz CT molecular complexity index is 798. The molecule has 0 aliphatic heterocycles. The fourth-order valence-electron chi connectivity index (χ4n) is 2.64. The van der Waals surface area contributed by atoms with Gasteiger partial charge in [-0.25, -0.2) is 0 Å². The molecule has 3 aromatic rings. The minimum atomic E-state index is 0.596. The van der Waals surface area contributed by atoms with Gasteiger partial charge < -0.3 is 10.3 Å². The van der Waals surface area contributed by atoms with Gasteiger partial charge in [0.05, 0.1) is 11.3 Å². The first-order chi connectivity index (χ1) is 10.9. The van der Waals surface area contributed by atoms with Crippen molar-refractivity contribution >= 4 is 16.6 Å². The van der Waals surface area contributed by atoms with Gasteiger partial charge >= 0.3 is 0 Å². The number of nitriles is 1. The number of nitrogens with zero attached hydrogens (tertiary/aromatic N) is 2. The Labute approximate surface area is 129 Å². The van der Waals surface area contributed by atoms with Crippen LogP contribution in [-0.2, 0) is 6.42 Å². The fraction of sp³-hybridized carbons (Fsp3) is 0.222. The molecule has 3 rings (SSSR count). The van der Waals surface area contributed by atoms with Crippen molar-refractivity contribution < 1.29 is 0 Å². The van der Waals surface area contributed by atoms with Crippen molar-refractivity contribution in [2.45, 2.75) is 19.3 Å². The van der Waals surface area contributed by atoms with Crippen LogP contribution >= 0.6 is 0 Å². The minimum Gasteiger partial charge on any atom is -0.384 e. The first-order valence-corrected chi connectivity index (χ1v) is 7.51. The van der Waals surface area contributed by atoms with Crippen LogP contribution < -0.4 is 5.32 Å². The zero-order valence-electron chi connectivity index (χ0n) is 12.3. The van der Waals surface area contributed by atoms with Crippen molar-refractivity contribution in [3.05, 3.63) is 60.0 Å². The first-order valence-electron chi connectivity index (χ1n) is 7.51. The van der Waals surface area contributed by atoms with Crippen LogP contribution in [0.15, 0.2) is 48.9 Å². The normalized spacial score (nSPS) is 10.5. The lowest BCUT2D eigenvalue weighted by atomic mass is 10.1. The summed E-state index contributed by atoms with van der Waals surface area (Å²) in [5, 5.41) is 13.6. The quantitative estimate of drug-likeness (QED) is 0.677. The second kappa shape index (κ2) is 6.77. The van der Waals surface area contributed by atoms with E-state index in [2.05, 4.69) is 45.7 Å². The lowest BCUT2D eigenvalue weighted by molar-refractivity contribution is 0.766. The number of para-hydroxylation sites is 1. The number of benzene rings is 1. The van der Waals surface area contributed by atoms with E-state index < -0.39 is 0 Å². The molecule has 0 bridgehead atoms. The van der Waals surface area contributed by atoms with E-state index in [1.54, 1.807) is 12.4 Å². The maximum Gasteiger partial charge on any atom is 0.103 e. The molecule has 0 fully saturated rings. The smallest absolute Gasteiger partial charge is 0.103 e. The van der Waals surface area contributed by atoms with Gasteiger partial charge in [-0.15, -0.1) is 0 Å². The van der Waals surface area contributed by atoms with Crippen LogP contribution in [-0.4, -0.2) is 16.5 Å². The first kappa shape index (κ1) is 14.2. The Hall–Kier alpha value is -2.80. The van der Waals surface area contributed by atoms with Crippen LogP contribution in [0.3, 0.4) is 0 Å². The van der Waals surface area contributed by atoms with Gasteiger partial charge in [-0.05, 0) is 37.0 Å². The zero-order chi connectivity index (χ0) is 15.2. The summed E-state index contributed by atoms with van der Waals surface area (Å²) in [5.41, 5.74) is 4.03. The summed E-state index contributed by atoms with van der Waals surface area (Å²) >= 11 is 0. The number of H-pyrrole nitrogens is 1. The maximum absolute atomic E-state index is 9.01. The third-order valence-corrected chi connectivity index (χ3v) is 3.80. The number of pyridine rings is 1. The van der Waals surface area contributed by atoms with Crippen LogP contribution in [0, 0.1) is 11.3 Å². The third kappa shape index (κ3) is 3.09. The average molecular weight is 290 g/mol. The Morgan fingerprint density at radius 1 is 1.18 bits per heavy atom. The number of fused-ring (bicyclic) bond motifs is 1. The van der Waals surface area contributed by atoms with Crippen LogP contribution in [0.1, 0.15) is 24.0 Å². The molecule has 2 N–H and O–H groups in total. The second-order valence-electron chi connectivity index (χ2n) is 5.28. The lowest BCUT2D eigenvalue weighted by Gasteiger charge is -2.07. The molecule has 4 nitrogen and oxygen atoms in total. The summed E-state index contributed by atoms with van der Waals surface area (Å²) in [4.78, 5) is 7.27. The van der Waals surface area contributed by atoms with Gasteiger partial charge in [0.15, 0.2) is 0 Å². The highest BCUT2D eigenvalue weighted by Crippen LogP contribution is 2.19. The number of aromatic amines is 1. The molecule has 110 valence electrons. The average Bonchev–Trinajstić information content (AvgIpc) is 2.98. The molecule has 2 aromatic heterocycles. The number of hydrogen-bond acceptors (Lipinski definition) is 3. The number of rotatable bonds is 6. The Morgan fingerprint density at radius 2 is 2.09 bits per heavy atom. The predicted molar refractivity (Wildman–Crippen MR) is 88.7 cm³/mol. The molecule has 0 aliphatic rings. The van der Waals surface area contributed by atoms with Crippen LogP contribution in [0.5, 0.6) is 0 Å². The lowest BCUT2D eigenvalue weighted by Crippen LogP contribution is -2.03. The molecule has 0 radical (unpaired) electrons. The topological polar surface area (TPSA) is 64.5 Å². The molecule has 0 saturated heterocycles. The molecule has 1 aromatic carbocycles. The monoisotopic (exact) mass is 290 g/mol. The molecule has 0 aliphatic carbocycles. The summed E-state index contributed by atoms with van der Waals surface area (Å²) in [7, 11) is 0. The number of aryl methyl sites for hydroxylation is 1. The largest absolute Gasteiger partial charge is 0.384 e. The van der Waals surface area contributed by atoms with Gasteiger partial charge in [0.25, 0.3) is 0 Å². The SMILES string of the molecule is N#Cc1cnccc1NCCCCc1c[nH]c2ccccc12. The van der Waals surface area contributed by atoms with Gasteiger partial charge in [0, 0.05) is 36.0 Å². The van der Waals surface area contributed by atoms with Crippen molar-refractivity contribution in [2.75, 3.05) is 11.9 Å². The Kier molecular flexibility index (Phi) is 4.35. The summed E-state index contributed by atoms with van der Waals surface area (Å²) in [6, 6.07) is 12.4. The highest BCUT2D eigenvalue weighted by atomic mass is 14.9. The van der Waals surface area contributed by atoms with Crippen molar-refractivity contribution in [2.24, 2.45) is 0 Å². The van der Waals surface area contributed by atoms with E-state index in [4.69, 9.17) is 5.26 Å². The fourth-order valence-corrected chi connectivity index (χ4v) is 2.64. The summed E-state index contributed by atoms with van der Waals surface area (Å²) in [6.45, 7) is 0.862. The molecule has 0 amide bonds. The van der Waals surface area contributed by atoms with Crippen LogP contribution in [0.2, 0.25) is 0 Å². The number of nitrogens with one attached hydrogen (secondary N) is 2. The molecule has 0 spiro atoms. The summed E-state index contributed by atoms with van der Waals surface area (Å²) in [5.74, 6) is 0. The van der Waals surface area contributed by atoms with E-state index >= 15 is 0 Å². The zero-order valence-corrected chi connectivity index (χ0v) is 12.3. The number of hydrogen-bond donors (Lipinski definition) is 2. The van der Waals surface area contributed by atoms with Crippen molar-refractivity contribution in [1.29, 1.82) is 5.26 Å². The van der Waals surface area contributed by atoms with Crippen molar-refractivity contribution in [3.63, 3.8) is 0 Å². The van der Waals surface area contributed by atoms with E-state index in [1.807, 2.05) is 12.1 Å².